The van der Waals surface area contributed by atoms with E-state index in [2.05, 4.69) is 15.0 Å². The summed E-state index contributed by atoms with van der Waals surface area (Å²) in [5.74, 6) is 0.268. The monoisotopic (exact) mass is 413 g/mol. The zero-order valence-electron chi connectivity index (χ0n) is 14.5. The second-order valence-corrected chi connectivity index (χ2v) is 6.94. The fourth-order valence-electron chi connectivity index (χ4n) is 2.80. The van der Waals surface area contributed by atoms with Crippen LogP contribution < -0.4 is 5.49 Å². The Morgan fingerprint density at radius 1 is 1.07 bits per heavy atom. The third kappa shape index (κ3) is 3.69. The minimum Gasteiger partial charge on any atom is -0.334 e. The lowest BCUT2D eigenvalue weighted by atomic mass is 10.2. The highest BCUT2D eigenvalue weighted by Crippen LogP contribution is 2.25. The molecule has 2 aromatic carbocycles. The number of aromatic nitrogens is 4. The van der Waals surface area contributed by atoms with Gasteiger partial charge >= 0.3 is 0 Å². The van der Waals surface area contributed by atoms with E-state index in [0.29, 0.717) is 33.6 Å². The van der Waals surface area contributed by atoms with E-state index >= 15 is 0 Å². The normalized spacial score (nSPS) is 11.5. The molecule has 0 bridgehead atoms. The standard InChI is InChI=1S/C20H14Cl2FN5/c21-15-2-1-3-16(22)14(15)10-28-11-25-19(24)18-20(28)27-17(26-18)9-6-12-4-7-13(23)8-5-12/h1-9,11,24H,10H2,(H,26,27)/b9-6+,24-19?. The van der Waals surface area contributed by atoms with Gasteiger partial charge in [-0.3, -0.25) is 5.41 Å². The van der Waals surface area contributed by atoms with Gasteiger partial charge in [-0.1, -0.05) is 47.5 Å². The summed E-state index contributed by atoms with van der Waals surface area (Å²) in [7, 11) is 0. The van der Waals surface area contributed by atoms with E-state index in [1.54, 1.807) is 47.3 Å². The van der Waals surface area contributed by atoms with Crippen molar-refractivity contribution in [3.63, 3.8) is 0 Å². The Morgan fingerprint density at radius 3 is 2.50 bits per heavy atom. The summed E-state index contributed by atoms with van der Waals surface area (Å²) in [5.41, 5.74) is 2.74. The largest absolute Gasteiger partial charge is 0.334 e. The molecule has 2 aromatic heterocycles. The first-order valence-electron chi connectivity index (χ1n) is 8.37. The van der Waals surface area contributed by atoms with Gasteiger partial charge in [0.2, 0.25) is 0 Å². The summed E-state index contributed by atoms with van der Waals surface area (Å²) in [6.07, 6.45) is 5.11. The summed E-state index contributed by atoms with van der Waals surface area (Å²) >= 11 is 12.5. The molecular formula is C20H14Cl2FN5. The molecule has 4 aromatic rings. The van der Waals surface area contributed by atoms with Crippen molar-refractivity contribution in [3.05, 3.63) is 87.1 Å². The van der Waals surface area contributed by atoms with E-state index in [0.717, 1.165) is 11.1 Å². The first-order chi connectivity index (χ1) is 13.5. The Balaban J connectivity index is 1.72. The molecule has 0 aliphatic carbocycles. The average Bonchev–Trinajstić information content (AvgIpc) is 3.11. The molecule has 0 spiro atoms. The number of imidazole rings is 1. The topological polar surface area (TPSA) is 70.3 Å². The molecule has 140 valence electrons. The minimum atomic E-state index is -0.287. The molecule has 2 heterocycles. The number of hydrogen-bond donors (Lipinski definition) is 2. The van der Waals surface area contributed by atoms with E-state index in [1.165, 1.54) is 12.1 Å². The molecular weight excluding hydrogens is 400 g/mol. The van der Waals surface area contributed by atoms with Crippen LogP contribution in [0.15, 0.2) is 48.8 Å². The number of rotatable bonds is 4. The lowest BCUT2D eigenvalue weighted by Crippen LogP contribution is -2.13. The maximum Gasteiger partial charge on any atom is 0.173 e. The molecule has 0 saturated heterocycles. The second-order valence-electron chi connectivity index (χ2n) is 6.13. The summed E-state index contributed by atoms with van der Waals surface area (Å²) in [5, 5.41) is 9.15. The van der Waals surface area contributed by atoms with Crippen molar-refractivity contribution in [2.45, 2.75) is 6.54 Å². The van der Waals surface area contributed by atoms with Crippen molar-refractivity contribution in [3.8, 4) is 0 Å². The molecule has 8 heteroatoms. The predicted octanol–water partition coefficient (Wildman–Crippen LogP) is 4.90. The Labute approximate surface area is 169 Å². The van der Waals surface area contributed by atoms with Crippen LogP contribution in [0.25, 0.3) is 23.3 Å². The number of nitrogens with zero attached hydrogens (tertiary/aromatic N) is 3. The van der Waals surface area contributed by atoms with Crippen LogP contribution in [-0.2, 0) is 6.54 Å². The lowest BCUT2D eigenvalue weighted by molar-refractivity contribution is 0.628. The van der Waals surface area contributed by atoms with Gasteiger partial charge in [0.15, 0.2) is 11.1 Å². The summed E-state index contributed by atoms with van der Waals surface area (Å²) in [4.78, 5) is 11.8. The van der Waals surface area contributed by atoms with Crippen molar-refractivity contribution in [2.75, 3.05) is 0 Å². The van der Waals surface area contributed by atoms with Gasteiger partial charge in [0, 0.05) is 15.6 Å². The zero-order valence-corrected chi connectivity index (χ0v) is 16.0. The quantitative estimate of drug-likeness (QED) is 0.499. The van der Waals surface area contributed by atoms with Gasteiger partial charge in [-0.15, -0.1) is 0 Å². The number of benzene rings is 2. The molecule has 4 rings (SSSR count). The average molecular weight is 414 g/mol. The molecule has 0 amide bonds. The van der Waals surface area contributed by atoms with Crippen molar-refractivity contribution in [2.24, 2.45) is 0 Å². The van der Waals surface area contributed by atoms with Crippen LogP contribution in [0, 0.1) is 11.2 Å². The lowest BCUT2D eigenvalue weighted by Gasteiger charge is -2.10. The maximum atomic E-state index is 13.0. The van der Waals surface area contributed by atoms with Crippen molar-refractivity contribution in [1.82, 2.24) is 19.5 Å². The molecule has 0 aliphatic rings. The Bertz CT molecular complexity index is 1220. The number of fused-ring (bicyclic) bond motifs is 1. The number of halogens is 3. The van der Waals surface area contributed by atoms with Crippen molar-refractivity contribution < 1.29 is 4.39 Å². The maximum absolute atomic E-state index is 13.0. The molecule has 0 radical (unpaired) electrons. The molecule has 5 nitrogen and oxygen atoms in total. The third-order valence-corrected chi connectivity index (χ3v) is 4.94. The Hall–Kier alpha value is -2.96. The van der Waals surface area contributed by atoms with Crippen LogP contribution in [0.5, 0.6) is 0 Å². The van der Waals surface area contributed by atoms with Gasteiger partial charge in [0.05, 0.1) is 12.9 Å². The van der Waals surface area contributed by atoms with Gasteiger partial charge in [-0.25, -0.2) is 14.4 Å². The van der Waals surface area contributed by atoms with Crippen LogP contribution in [-0.4, -0.2) is 19.5 Å². The van der Waals surface area contributed by atoms with E-state index in [1.807, 2.05) is 6.08 Å². The fraction of sp³-hybridized carbons (Fsp3) is 0.0500. The van der Waals surface area contributed by atoms with Gasteiger partial charge < -0.3 is 9.55 Å². The summed E-state index contributed by atoms with van der Waals surface area (Å²) in [6, 6.07) is 11.5. The van der Waals surface area contributed by atoms with E-state index in [-0.39, 0.29) is 11.3 Å². The first kappa shape index (κ1) is 18.4. The van der Waals surface area contributed by atoms with E-state index in [9.17, 15) is 4.39 Å². The molecule has 0 unspecified atom stereocenters. The van der Waals surface area contributed by atoms with Crippen molar-refractivity contribution >= 4 is 46.5 Å². The number of H-pyrrole nitrogens is 1. The number of nitrogens with one attached hydrogen (secondary N) is 2. The van der Waals surface area contributed by atoms with E-state index < -0.39 is 0 Å². The fourth-order valence-corrected chi connectivity index (χ4v) is 3.32. The predicted molar refractivity (Wildman–Crippen MR) is 109 cm³/mol. The highest BCUT2D eigenvalue weighted by Gasteiger charge is 2.11. The van der Waals surface area contributed by atoms with E-state index in [4.69, 9.17) is 28.6 Å². The summed E-state index contributed by atoms with van der Waals surface area (Å²) < 4.78 is 14.8. The summed E-state index contributed by atoms with van der Waals surface area (Å²) in [6.45, 7) is 0.369. The third-order valence-electron chi connectivity index (χ3n) is 4.23. The smallest absolute Gasteiger partial charge is 0.173 e. The highest BCUT2D eigenvalue weighted by molar-refractivity contribution is 6.36. The minimum absolute atomic E-state index is 0.0884. The SMILES string of the molecule is N=c1ncn(Cc2c(Cl)cccc2Cl)c2nc(/C=C/c3ccc(F)cc3)[nH]c12. The molecule has 0 fully saturated rings. The van der Waals surface area contributed by atoms with Gasteiger partial charge in [-0.05, 0) is 35.9 Å². The first-order valence-corrected chi connectivity index (χ1v) is 9.13. The molecule has 0 saturated carbocycles. The van der Waals surface area contributed by atoms with Gasteiger partial charge in [0.1, 0.15) is 17.2 Å². The number of aromatic amines is 1. The Kier molecular flexibility index (Phi) is 4.98. The van der Waals surface area contributed by atoms with Crippen LogP contribution in [0.1, 0.15) is 17.0 Å². The van der Waals surface area contributed by atoms with Crippen LogP contribution in [0.2, 0.25) is 10.0 Å². The molecule has 2 N–H and O–H groups in total. The zero-order chi connectivity index (χ0) is 19.7. The van der Waals surface area contributed by atoms with Crippen LogP contribution in [0.4, 0.5) is 4.39 Å². The molecule has 0 aliphatic heterocycles. The van der Waals surface area contributed by atoms with Crippen molar-refractivity contribution in [1.29, 1.82) is 5.41 Å². The second kappa shape index (κ2) is 7.58. The molecule has 0 atom stereocenters. The van der Waals surface area contributed by atoms with Gasteiger partial charge in [-0.2, -0.15) is 0 Å². The highest BCUT2D eigenvalue weighted by atomic mass is 35.5. The number of hydrogen-bond acceptors (Lipinski definition) is 3. The van der Waals surface area contributed by atoms with Gasteiger partial charge in [0.25, 0.3) is 0 Å². The van der Waals surface area contributed by atoms with Crippen LogP contribution in [0.3, 0.4) is 0 Å². The Morgan fingerprint density at radius 2 is 1.79 bits per heavy atom. The van der Waals surface area contributed by atoms with Crippen LogP contribution >= 0.6 is 23.2 Å². The molecule has 28 heavy (non-hydrogen) atoms.